The Kier molecular flexibility index (Phi) is 9.83. The van der Waals surface area contributed by atoms with E-state index >= 15 is 0 Å². The summed E-state index contributed by atoms with van der Waals surface area (Å²) in [5.41, 5.74) is 0. The zero-order chi connectivity index (χ0) is 8.36. The van der Waals surface area contributed by atoms with Crippen LogP contribution in [0.5, 0.6) is 0 Å². The van der Waals surface area contributed by atoms with Gasteiger partial charge in [0, 0.05) is 0 Å². The van der Waals surface area contributed by atoms with Crippen LogP contribution in [0.3, 0.4) is 0 Å². The van der Waals surface area contributed by atoms with Crippen LogP contribution >= 0.6 is 8.58 Å². The molecule has 0 rings (SSSR count). The number of allylic oxidation sites excluding steroid dienone is 2. The van der Waals surface area contributed by atoms with E-state index in [2.05, 4.69) is 37.6 Å². The van der Waals surface area contributed by atoms with Gasteiger partial charge in [0.25, 0.3) is 0 Å². The Hall–Kier alpha value is -0.0900. The number of hydrogen-bond donors (Lipinski definition) is 0. The molecule has 0 N–H and O–H groups in total. The highest BCUT2D eigenvalue weighted by Gasteiger charge is 1.73. The van der Waals surface area contributed by atoms with Gasteiger partial charge in [-0.1, -0.05) is 59.1 Å². The molecule has 0 heterocycles. The quantitative estimate of drug-likeness (QED) is 0.521. The second-order valence-corrected chi connectivity index (χ2v) is 3.55. The van der Waals surface area contributed by atoms with Gasteiger partial charge in [0.05, 0.1) is 0 Å². The van der Waals surface area contributed by atoms with E-state index in [-0.39, 0.29) is 0 Å². The second kappa shape index (κ2) is 9.91. The maximum atomic E-state index is 2.27. The fourth-order valence-corrected chi connectivity index (χ4v) is 1.41. The van der Waals surface area contributed by atoms with Crippen molar-refractivity contribution in [3.8, 4) is 0 Å². The molecule has 64 valence electrons. The van der Waals surface area contributed by atoms with Gasteiger partial charge in [-0.3, -0.25) is 0 Å². The Labute approximate surface area is 72.6 Å². The summed E-state index contributed by atoms with van der Waals surface area (Å²) in [7, 11) is 0.891. The molecule has 1 heteroatoms. The van der Waals surface area contributed by atoms with Crippen LogP contribution in [0.15, 0.2) is 23.8 Å². The standard InChI is InChI=1S/C10H19P/c1-3-5-7-9-11-10-8-6-4-2/h7-11H,3-6H2,1-2H3. The zero-order valence-electron chi connectivity index (χ0n) is 7.64. The molecule has 0 aromatic carbocycles. The molecule has 0 radical (unpaired) electrons. The van der Waals surface area contributed by atoms with Crippen LogP contribution < -0.4 is 0 Å². The van der Waals surface area contributed by atoms with Crippen molar-refractivity contribution in [2.24, 2.45) is 0 Å². The van der Waals surface area contributed by atoms with Gasteiger partial charge in [-0.05, 0) is 12.8 Å². The lowest BCUT2D eigenvalue weighted by Crippen LogP contribution is -1.58. The van der Waals surface area contributed by atoms with Gasteiger partial charge in [0.1, 0.15) is 0 Å². The summed E-state index contributed by atoms with van der Waals surface area (Å²) >= 11 is 0. The molecule has 0 unspecified atom stereocenters. The van der Waals surface area contributed by atoms with Crippen LogP contribution in [0.4, 0.5) is 0 Å². The minimum atomic E-state index is 0.891. The molecule has 0 aromatic rings. The van der Waals surface area contributed by atoms with Crippen LogP contribution in [-0.2, 0) is 0 Å². The van der Waals surface area contributed by atoms with E-state index in [0.717, 1.165) is 8.58 Å². The van der Waals surface area contributed by atoms with E-state index in [1.807, 2.05) is 0 Å². The van der Waals surface area contributed by atoms with Gasteiger partial charge < -0.3 is 0 Å². The van der Waals surface area contributed by atoms with Gasteiger partial charge >= 0.3 is 0 Å². The lowest BCUT2D eigenvalue weighted by atomic mass is 10.3. The fraction of sp³-hybridized carbons (Fsp3) is 0.600. The molecule has 0 amide bonds. The van der Waals surface area contributed by atoms with Crippen molar-refractivity contribution in [3.63, 3.8) is 0 Å². The molecule has 0 saturated carbocycles. The first-order valence-electron chi connectivity index (χ1n) is 4.47. The summed E-state index contributed by atoms with van der Waals surface area (Å²) in [5, 5.41) is 0. The summed E-state index contributed by atoms with van der Waals surface area (Å²) in [6.45, 7) is 4.42. The molecule has 0 spiro atoms. The highest BCUT2D eigenvalue weighted by molar-refractivity contribution is 7.45. The average molecular weight is 170 g/mol. The Morgan fingerprint density at radius 1 is 0.909 bits per heavy atom. The van der Waals surface area contributed by atoms with Crippen molar-refractivity contribution < 1.29 is 0 Å². The molecule has 0 nitrogen and oxygen atoms in total. The lowest BCUT2D eigenvalue weighted by molar-refractivity contribution is 0.959. The highest BCUT2D eigenvalue weighted by Crippen LogP contribution is 2.14. The second-order valence-electron chi connectivity index (χ2n) is 2.55. The van der Waals surface area contributed by atoms with E-state index in [9.17, 15) is 0 Å². The third-order valence-corrected chi connectivity index (χ3v) is 2.20. The average Bonchev–Trinajstić information content (AvgIpc) is 2.03. The van der Waals surface area contributed by atoms with Gasteiger partial charge in [0.2, 0.25) is 0 Å². The van der Waals surface area contributed by atoms with Crippen molar-refractivity contribution in [1.82, 2.24) is 0 Å². The molecule has 11 heavy (non-hydrogen) atoms. The molecular formula is C10H19P. The Morgan fingerprint density at radius 2 is 1.36 bits per heavy atom. The third-order valence-electron chi connectivity index (χ3n) is 1.34. The summed E-state index contributed by atoms with van der Waals surface area (Å²) in [6, 6.07) is 0. The molecule has 0 saturated heterocycles. The Morgan fingerprint density at radius 3 is 1.73 bits per heavy atom. The zero-order valence-corrected chi connectivity index (χ0v) is 8.64. The minimum Gasteiger partial charge on any atom is -0.0840 e. The van der Waals surface area contributed by atoms with Crippen molar-refractivity contribution in [2.75, 3.05) is 0 Å². The summed E-state index contributed by atoms with van der Waals surface area (Å²) in [4.78, 5) is 0. The molecule has 0 atom stereocenters. The van der Waals surface area contributed by atoms with Gasteiger partial charge in [-0.2, -0.15) is 0 Å². The third kappa shape index (κ3) is 9.91. The number of hydrogen-bond acceptors (Lipinski definition) is 0. The van der Waals surface area contributed by atoms with E-state index in [0.29, 0.717) is 0 Å². The first kappa shape index (κ1) is 10.9. The molecule has 0 aliphatic rings. The normalized spacial score (nSPS) is 12.9. The first-order valence-corrected chi connectivity index (χ1v) is 5.63. The van der Waals surface area contributed by atoms with Gasteiger partial charge in [-0.15, -0.1) is 0 Å². The van der Waals surface area contributed by atoms with Crippen molar-refractivity contribution >= 4 is 8.58 Å². The molecule has 0 aliphatic carbocycles. The maximum absolute atomic E-state index is 2.27. The number of rotatable bonds is 6. The van der Waals surface area contributed by atoms with E-state index in [1.54, 1.807) is 0 Å². The maximum Gasteiger partial charge on any atom is -0.0350 e. The molecule has 0 aliphatic heterocycles. The van der Waals surface area contributed by atoms with Crippen LogP contribution in [-0.4, -0.2) is 0 Å². The van der Waals surface area contributed by atoms with Crippen LogP contribution in [0.1, 0.15) is 39.5 Å². The summed E-state index contributed by atoms with van der Waals surface area (Å²) < 4.78 is 0. The van der Waals surface area contributed by atoms with Crippen LogP contribution in [0, 0.1) is 0 Å². The Balaban J connectivity index is 3.11. The smallest absolute Gasteiger partial charge is 0.0350 e. The van der Waals surface area contributed by atoms with Gasteiger partial charge in [0.15, 0.2) is 0 Å². The van der Waals surface area contributed by atoms with Crippen molar-refractivity contribution in [1.29, 1.82) is 0 Å². The molecule has 0 bridgehead atoms. The SMILES string of the molecule is CCCC=CPC=CCCC. The predicted molar refractivity (Wildman–Crippen MR) is 56.4 cm³/mol. The van der Waals surface area contributed by atoms with Gasteiger partial charge in [-0.25, -0.2) is 0 Å². The Bertz CT molecular complexity index is 100. The molecule has 0 fully saturated rings. The van der Waals surface area contributed by atoms with Crippen LogP contribution in [0.2, 0.25) is 0 Å². The fourth-order valence-electron chi connectivity index (χ4n) is 0.692. The van der Waals surface area contributed by atoms with E-state index in [4.69, 9.17) is 0 Å². The topological polar surface area (TPSA) is 0 Å². The van der Waals surface area contributed by atoms with Crippen molar-refractivity contribution in [2.45, 2.75) is 39.5 Å². The predicted octanol–water partition coefficient (Wildman–Crippen LogP) is 4.29. The van der Waals surface area contributed by atoms with Crippen molar-refractivity contribution in [3.05, 3.63) is 23.8 Å². The molecular weight excluding hydrogens is 151 g/mol. The van der Waals surface area contributed by atoms with E-state index in [1.165, 1.54) is 25.7 Å². The highest BCUT2D eigenvalue weighted by atomic mass is 31.1. The lowest BCUT2D eigenvalue weighted by Gasteiger charge is -1.85. The monoisotopic (exact) mass is 170 g/mol. The summed E-state index contributed by atoms with van der Waals surface area (Å²) in [6.07, 6.45) is 9.53. The number of unbranched alkanes of at least 4 members (excludes halogenated alkanes) is 2. The van der Waals surface area contributed by atoms with Crippen LogP contribution in [0.25, 0.3) is 0 Å². The molecule has 0 aromatic heterocycles. The first-order chi connectivity index (χ1) is 5.41. The largest absolute Gasteiger partial charge is 0.0840 e. The summed E-state index contributed by atoms with van der Waals surface area (Å²) in [5.74, 6) is 4.55. The minimum absolute atomic E-state index is 0.891. The van der Waals surface area contributed by atoms with E-state index < -0.39 is 0 Å².